The molecule has 0 saturated carbocycles. The molecule has 0 unspecified atom stereocenters. The molecule has 0 saturated heterocycles. The van der Waals surface area contributed by atoms with E-state index in [1.54, 1.807) is 12.3 Å². The van der Waals surface area contributed by atoms with Crippen molar-refractivity contribution in [1.82, 2.24) is 15.3 Å². The zero-order valence-electron chi connectivity index (χ0n) is 9.06. The van der Waals surface area contributed by atoms with Gasteiger partial charge in [-0.1, -0.05) is 0 Å². The first-order valence-corrected chi connectivity index (χ1v) is 4.87. The molecule has 1 heterocycles. The maximum Gasteiger partial charge on any atom is 0.226 e. The Morgan fingerprint density at radius 3 is 3.07 bits per heavy atom. The average Bonchev–Trinajstić information content (AvgIpc) is 2.29. The lowest BCUT2D eigenvalue weighted by Crippen LogP contribution is -2.24. The first-order chi connectivity index (χ1) is 7.27. The zero-order chi connectivity index (χ0) is 11.1. The number of anilines is 1. The van der Waals surface area contributed by atoms with Gasteiger partial charge in [-0.25, -0.2) is 9.97 Å². The quantitative estimate of drug-likeness (QED) is 0.705. The average molecular weight is 205 g/mol. The van der Waals surface area contributed by atoms with Gasteiger partial charge in [0.25, 0.3) is 0 Å². The van der Waals surface area contributed by atoms with Gasteiger partial charge in [0.1, 0.15) is 11.8 Å². The summed E-state index contributed by atoms with van der Waals surface area (Å²) < 4.78 is 0. The van der Waals surface area contributed by atoms with Gasteiger partial charge < -0.3 is 10.2 Å². The van der Waals surface area contributed by atoms with Gasteiger partial charge >= 0.3 is 0 Å². The van der Waals surface area contributed by atoms with Gasteiger partial charge in [0.15, 0.2) is 0 Å². The smallest absolute Gasteiger partial charge is 0.226 e. The molecule has 15 heavy (non-hydrogen) atoms. The number of aromatic nitrogens is 2. The Hall–Kier alpha value is -1.67. The van der Waals surface area contributed by atoms with Gasteiger partial charge in [-0.15, -0.1) is 0 Å². The summed E-state index contributed by atoms with van der Waals surface area (Å²) in [5.74, 6) is 0.602. The minimum Gasteiger partial charge on any atom is -0.344 e. The maximum absolute atomic E-state index is 8.69. The summed E-state index contributed by atoms with van der Waals surface area (Å²) in [6.45, 7) is 1.83. The van der Waals surface area contributed by atoms with Crippen LogP contribution in [0.2, 0.25) is 0 Å². The van der Waals surface area contributed by atoms with Gasteiger partial charge in [0, 0.05) is 19.8 Å². The Bertz CT molecular complexity index is 344. The fourth-order valence-electron chi connectivity index (χ4n) is 1.19. The monoisotopic (exact) mass is 205 g/mol. The molecule has 5 nitrogen and oxygen atoms in total. The topological polar surface area (TPSA) is 64.8 Å². The highest BCUT2D eigenvalue weighted by molar-refractivity contribution is 5.32. The standard InChI is InChI=1S/C10H15N5/c1-12-5-3-7-15(2)10-13-6-4-9(8-11)14-10/h4,6,12H,3,5,7H2,1-2H3. The predicted octanol–water partition coefficient (Wildman–Crippen LogP) is 0.394. The van der Waals surface area contributed by atoms with E-state index >= 15 is 0 Å². The van der Waals surface area contributed by atoms with Crippen molar-refractivity contribution in [3.8, 4) is 6.07 Å². The summed E-state index contributed by atoms with van der Waals surface area (Å²) >= 11 is 0. The highest BCUT2D eigenvalue weighted by atomic mass is 15.2. The lowest BCUT2D eigenvalue weighted by Gasteiger charge is -2.16. The minimum atomic E-state index is 0.403. The predicted molar refractivity (Wildman–Crippen MR) is 58.6 cm³/mol. The van der Waals surface area contributed by atoms with E-state index in [0.717, 1.165) is 19.5 Å². The minimum absolute atomic E-state index is 0.403. The molecule has 5 heteroatoms. The number of hydrogen-bond donors (Lipinski definition) is 1. The SMILES string of the molecule is CNCCCN(C)c1nccc(C#N)n1. The van der Waals surface area contributed by atoms with Crippen molar-refractivity contribution < 1.29 is 0 Å². The summed E-state index contributed by atoms with van der Waals surface area (Å²) in [4.78, 5) is 10.2. The van der Waals surface area contributed by atoms with E-state index in [2.05, 4.69) is 15.3 Å². The molecule has 1 aromatic rings. The van der Waals surface area contributed by atoms with Crippen LogP contribution in [0.3, 0.4) is 0 Å². The van der Waals surface area contributed by atoms with Gasteiger partial charge in [-0.05, 0) is 26.1 Å². The molecule has 1 N–H and O–H groups in total. The third kappa shape index (κ3) is 3.52. The van der Waals surface area contributed by atoms with Crippen molar-refractivity contribution >= 4 is 5.95 Å². The Kier molecular flexibility index (Phi) is 4.51. The third-order valence-electron chi connectivity index (χ3n) is 2.02. The number of nitrogens with one attached hydrogen (secondary N) is 1. The van der Waals surface area contributed by atoms with Crippen LogP contribution in [0.25, 0.3) is 0 Å². The van der Waals surface area contributed by atoms with Crippen molar-refractivity contribution in [3.05, 3.63) is 18.0 Å². The molecular weight excluding hydrogens is 190 g/mol. The largest absolute Gasteiger partial charge is 0.344 e. The molecule has 1 aromatic heterocycles. The van der Waals surface area contributed by atoms with Crippen LogP contribution in [0, 0.1) is 11.3 Å². The summed E-state index contributed by atoms with van der Waals surface area (Å²) in [6, 6.07) is 3.60. The third-order valence-corrected chi connectivity index (χ3v) is 2.02. The van der Waals surface area contributed by atoms with E-state index < -0.39 is 0 Å². The van der Waals surface area contributed by atoms with Crippen LogP contribution in [-0.2, 0) is 0 Å². The highest BCUT2D eigenvalue weighted by Crippen LogP contribution is 2.04. The fourth-order valence-corrected chi connectivity index (χ4v) is 1.19. The van der Waals surface area contributed by atoms with Crippen molar-refractivity contribution in [2.75, 3.05) is 32.1 Å². The first kappa shape index (κ1) is 11.4. The van der Waals surface area contributed by atoms with Crippen LogP contribution >= 0.6 is 0 Å². The van der Waals surface area contributed by atoms with Gasteiger partial charge in [-0.3, -0.25) is 0 Å². The summed E-state index contributed by atoms with van der Waals surface area (Å²) in [7, 11) is 3.85. The molecule has 0 amide bonds. The van der Waals surface area contributed by atoms with E-state index in [-0.39, 0.29) is 0 Å². The number of nitriles is 1. The van der Waals surface area contributed by atoms with Crippen molar-refractivity contribution in [2.24, 2.45) is 0 Å². The van der Waals surface area contributed by atoms with Gasteiger partial charge in [0.2, 0.25) is 5.95 Å². The maximum atomic E-state index is 8.69. The first-order valence-electron chi connectivity index (χ1n) is 4.87. The Morgan fingerprint density at radius 2 is 2.40 bits per heavy atom. The van der Waals surface area contributed by atoms with Crippen LogP contribution in [-0.4, -0.2) is 37.2 Å². The van der Waals surface area contributed by atoms with Crippen LogP contribution < -0.4 is 10.2 Å². The van der Waals surface area contributed by atoms with Crippen molar-refractivity contribution in [3.63, 3.8) is 0 Å². The number of hydrogen-bond acceptors (Lipinski definition) is 5. The van der Waals surface area contributed by atoms with Crippen LogP contribution in [0.1, 0.15) is 12.1 Å². The van der Waals surface area contributed by atoms with Gasteiger partial charge in [0.05, 0.1) is 0 Å². The van der Waals surface area contributed by atoms with E-state index in [4.69, 9.17) is 5.26 Å². The molecular formula is C10H15N5. The van der Waals surface area contributed by atoms with E-state index in [0.29, 0.717) is 11.6 Å². The van der Waals surface area contributed by atoms with Crippen molar-refractivity contribution in [1.29, 1.82) is 5.26 Å². The van der Waals surface area contributed by atoms with Gasteiger partial charge in [-0.2, -0.15) is 5.26 Å². The highest BCUT2D eigenvalue weighted by Gasteiger charge is 2.03. The molecule has 0 bridgehead atoms. The summed E-state index contributed by atoms with van der Waals surface area (Å²) in [6.07, 6.45) is 2.63. The lowest BCUT2D eigenvalue weighted by molar-refractivity contribution is 0.704. The van der Waals surface area contributed by atoms with Crippen LogP contribution in [0.4, 0.5) is 5.95 Å². The Morgan fingerprint density at radius 1 is 1.60 bits per heavy atom. The van der Waals surface area contributed by atoms with Crippen LogP contribution in [0.15, 0.2) is 12.3 Å². The van der Waals surface area contributed by atoms with Crippen molar-refractivity contribution in [2.45, 2.75) is 6.42 Å². The molecule has 80 valence electrons. The van der Waals surface area contributed by atoms with E-state index in [9.17, 15) is 0 Å². The molecule has 1 rings (SSSR count). The normalized spacial score (nSPS) is 9.67. The molecule has 0 aliphatic carbocycles. The Labute approximate surface area is 89.8 Å². The summed E-state index contributed by atoms with van der Waals surface area (Å²) in [5, 5.41) is 11.8. The van der Waals surface area contributed by atoms with Crippen LogP contribution in [0.5, 0.6) is 0 Å². The second kappa shape index (κ2) is 5.94. The summed E-state index contributed by atoms with van der Waals surface area (Å²) in [5.41, 5.74) is 0.403. The molecule has 0 aliphatic heterocycles. The lowest BCUT2D eigenvalue weighted by atomic mass is 10.4. The second-order valence-electron chi connectivity index (χ2n) is 3.23. The molecule has 0 spiro atoms. The van der Waals surface area contributed by atoms with E-state index in [1.807, 2.05) is 25.1 Å². The molecule has 0 fully saturated rings. The molecule has 0 atom stereocenters. The Balaban J connectivity index is 2.57. The fraction of sp³-hybridized carbons (Fsp3) is 0.500. The number of rotatable bonds is 5. The molecule has 0 aliphatic rings. The van der Waals surface area contributed by atoms with E-state index in [1.165, 1.54) is 0 Å². The molecule has 0 aromatic carbocycles. The zero-order valence-corrected chi connectivity index (χ0v) is 9.06. The molecule has 0 radical (unpaired) electrons. The second-order valence-corrected chi connectivity index (χ2v) is 3.23. The number of nitrogens with zero attached hydrogens (tertiary/aromatic N) is 4.